The second kappa shape index (κ2) is 8.01. The average molecular weight is 372 g/mol. The molecule has 136 valence electrons. The monoisotopic (exact) mass is 372 g/mol. The van der Waals surface area contributed by atoms with Gasteiger partial charge in [0.25, 0.3) is 0 Å². The van der Waals surface area contributed by atoms with Crippen molar-refractivity contribution in [2.45, 2.75) is 19.9 Å². The Bertz CT molecular complexity index is 832. The van der Waals surface area contributed by atoms with E-state index in [2.05, 4.69) is 10.3 Å². The molecule has 3 N–H and O–H groups in total. The Morgan fingerprint density at radius 3 is 2.92 bits per heavy atom. The molecule has 0 bridgehead atoms. The highest BCUT2D eigenvalue weighted by atomic mass is 32.1. The van der Waals surface area contributed by atoms with Crippen LogP contribution in [0.3, 0.4) is 0 Å². The molecule has 3 rings (SSSR count). The van der Waals surface area contributed by atoms with E-state index >= 15 is 0 Å². The number of nitrogens with one attached hydrogen (secondary N) is 1. The topological polar surface area (TPSA) is 97.5 Å². The third-order valence-corrected chi connectivity index (χ3v) is 5.14. The second-order valence-electron chi connectivity index (χ2n) is 5.72. The molecular weight excluding hydrogens is 352 g/mol. The van der Waals surface area contributed by atoms with Gasteiger partial charge in [-0.1, -0.05) is 0 Å². The molecule has 0 atom stereocenters. The molecule has 1 aliphatic rings. The van der Waals surface area contributed by atoms with Crippen LogP contribution in [0, 0.1) is 0 Å². The van der Waals surface area contributed by atoms with Crippen molar-refractivity contribution in [3.63, 3.8) is 0 Å². The largest absolute Gasteiger partial charge is 0.450 e. The van der Waals surface area contributed by atoms with E-state index in [0.29, 0.717) is 36.8 Å². The van der Waals surface area contributed by atoms with Crippen LogP contribution in [0.5, 0.6) is 0 Å². The lowest BCUT2D eigenvalue weighted by molar-refractivity contribution is -0.111. The molecule has 26 heavy (non-hydrogen) atoms. The van der Waals surface area contributed by atoms with Gasteiger partial charge >= 0.3 is 6.09 Å². The van der Waals surface area contributed by atoms with Crippen LogP contribution >= 0.6 is 11.3 Å². The van der Waals surface area contributed by atoms with Gasteiger partial charge in [-0.05, 0) is 42.7 Å². The van der Waals surface area contributed by atoms with Crippen LogP contribution in [-0.2, 0) is 22.5 Å². The number of anilines is 2. The highest BCUT2D eigenvalue weighted by Gasteiger charge is 2.26. The number of nitrogens with two attached hydrogens (primary N) is 1. The zero-order valence-electron chi connectivity index (χ0n) is 14.4. The summed E-state index contributed by atoms with van der Waals surface area (Å²) in [5, 5.41) is 3.44. The average Bonchev–Trinajstić information content (AvgIpc) is 2.96. The number of nitrogen functional groups attached to an aromatic ring is 1. The van der Waals surface area contributed by atoms with Crippen LogP contribution in [0.4, 0.5) is 15.5 Å². The number of carbonyl (C=O) groups is 2. The maximum atomic E-state index is 12.2. The van der Waals surface area contributed by atoms with Crippen LogP contribution < -0.4 is 11.1 Å². The van der Waals surface area contributed by atoms with Gasteiger partial charge in [0, 0.05) is 29.9 Å². The third-order valence-electron chi connectivity index (χ3n) is 3.99. The Morgan fingerprint density at radius 1 is 1.42 bits per heavy atom. The molecular formula is C18H20N4O3S. The molecule has 0 radical (unpaired) electrons. The fourth-order valence-electron chi connectivity index (χ4n) is 2.69. The number of aromatic nitrogens is 1. The summed E-state index contributed by atoms with van der Waals surface area (Å²) < 4.78 is 5.05. The van der Waals surface area contributed by atoms with E-state index in [1.165, 1.54) is 17.4 Å². The number of rotatable bonds is 4. The standard InChI is InChI=1S/C18H20N4O3S/c1-2-25-18(24)22-10-7-13-14(11-22)26-17(16(13)19)21-15(23)4-3-12-5-8-20-9-6-12/h3-6,8-9H,2,7,10-11,19H2,1H3,(H,21,23)/b4-3+. The number of thiophene rings is 1. The summed E-state index contributed by atoms with van der Waals surface area (Å²) in [5.74, 6) is -0.255. The van der Waals surface area contributed by atoms with Crippen molar-refractivity contribution in [3.8, 4) is 0 Å². The molecule has 0 aromatic carbocycles. The quantitative estimate of drug-likeness (QED) is 0.804. The summed E-state index contributed by atoms with van der Waals surface area (Å²) in [5.41, 5.74) is 8.66. The lowest BCUT2D eigenvalue weighted by atomic mass is 10.1. The molecule has 2 amide bonds. The molecule has 3 heterocycles. The first kappa shape index (κ1) is 17.9. The Morgan fingerprint density at radius 2 is 2.19 bits per heavy atom. The lowest BCUT2D eigenvalue weighted by Gasteiger charge is -2.26. The highest BCUT2D eigenvalue weighted by molar-refractivity contribution is 7.17. The van der Waals surface area contributed by atoms with E-state index < -0.39 is 0 Å². The van der Waals surface area contributed by atoms with Crippen LogP contribution in [0.1, 0.15) is 22.9 Å². The first-order chi connectivity index (χ1) is 12.6. The summed E-state index contributed by atoms with van der Waals surface area (Å²) in [6.45, 7) is 3.14. The van der Waals surface area contributed by atoms with Crippen LogP contribution in [0.15, 0.2) is 30.6 Å². The van der Waals surface area contributed by atoms with E-state index in [0.717, 1.165) is 16.0 Å². The van der Waals surface area contributed by atoms with Crippen molar-refractivity contribution < 1.29 is 14.3 Å². The van der Waals surface area contributed by atoms with E-state index in [1.54, 1.807) is 30.3 Å². The van der Waals surface area contributed by atoms with Gasteiger partial charge in [0.1, 0.15) is 5.00 Å². The molecule has 1 aliphatic heterocycles. The smallest absolute Gasteiger partial charge is 0.410 e. The van der Waals surface area contributed by atoms with E-state index in [1.807, 2.05) is 12.1 Å². The van der Waals surface area contributed by atoms with Gasteiger partial charge in [-0.3, -0.25) is 9.78 Å². The minimum absolute atomic E-state index is 0.255. The van der Waals surface area contributed by atoms with E-state index in [9.17, 15) is 9.59 Å². The summed E-state index contributed by atoms with van der Waals surface area (Å²) in [7, 11) is 0. The Hall–Kier alpha value is -2.87. The number of carbonyl (C=O) groups excluding carboxylic acids is 2. The molecule has 0 fully saturated rings. The summed E-state index contributed by atoms with van der Waals surface area (Å²) >= 11 is 1.40. The number of hydrogen-bond acceptors (Lipinski definition) is 6. The summed E-state index contributed by atoms with van der Waals surface area (Å²) in [6.07, 6.45) is 6.83. The fourth-order valence-corrected chi connectivity index (χ4v) is 3.88. The molecule has 2 aromatic heterocycles. The minimum atomic E-state index is -0.323. The van der Waals surface area contributed by atoms with Crippen molar-refractivity contribution in [2.75, 3.05) is 24.2 Å². The number of hydrogen-bond donors (Lipinski definition) is 2. The first-order valence-electron chi connectivity index (χ1n) is 8.29. The highest BCUT2D eigenvalue weighted by Crippen LogP contribution is 2.39. The van der Waals surface area contributed by atoms with Gasteiger partial charge in [0.2, 0.25) is 5.91 Å². The molecule has 8 heteroatoms. The fraction of sp³-hybridized carbons (Fsp3) is 0.278. The Kier molecular flexibility index (Phi) is 5.52. The van der Waals surface area contributed by atoms with Gasteiger partial charge in [0.05, 0.1) is 18.8 Å². The Labute approximate surface area is 155 Å². The van der Waals surface area contributed by atoms with Gasteiger partial charge < -0.3 is 20.7 Å². The van der Waals surface area contributed by atoms with Gasteiger partial charge in [-0.15, -0.1) is 11.3 Å². The summed E-state index contributed by atoms with van der Waals surface area (Å²) in [4.78, 5) is 30.6. The van der Waals surface area contributed by atoms with E-state index in [4.69, 9.17) is 10.5 Å². The number of pyridine rings is 1. The Balaban J connectivity index is 1.68. The lowest BCUT2D eigenvalue weighted by Crippen LogP contribution is -2.35. The molecule has 2 aromatic rings. The predicted octanol–water partition coefficient (Wildman–Crippen LogP) is 2.89. The number of amides is 2. The van der Waals surface area contributed by atoms with Gasteiger partial charge in [-0.2, -0.15) is 0 Å². The van der Waals surface area contributed by atoms with Gasteiger partial charge in [-0.25, -0.2) is 4.79 Å². The zero-order chi connectivity index (χ0) is 18.5. The minimum Gasteiger partial charge on any atom is -0.450 e. The van der Waals surface area contributed by atoms with Gasteiger partial charge in [0.15, 0.2) is 0 Å². The molecule has 0 aliphatic carbocycles. The van der Waals surface area contributed by atoms with Crippen molar-refractivity contribution in [1.29, 1.82) is 0 Å². The molecule has 0 spiro atoms. The zero-order valence-corrected chi connectivity index (χ0v) is 15.2. The van der Waals surface area contributed by atoms with Crippen molar-refractivity contribution in [1.82, 2.24) is 9.88 Å². The van der Waals surface area contributed by atoms with Crippen molar-refractivity contribution >= 4 is 40.1 Å². The van der Waals surface area contributed by atoms with Crippen LogP contribution in [0.2, 0.25) is 0 Å². The van der Waals surface area contributed by atoms with Crippen molar-refractivity contribution in [3.05, 3.63) is 46.6 Å². The normalized spacial score (nSPS) is 13.5. The molecule has 0 saturated carbocycles. The van der Waals surface area contributed by atoms with Crippen LogP contribution in [0.25, 0.3) is 6.08 Å². The predicted molar refractivity (Wildman–Crippen MR) is 102 cm³/mol. The summed E-state index contributed by atoms with van der Waals surface area (Å²) in [6, 6.07) is 3.62. The first-order valence-corrected chi connectivity index (χ1v) is 9.11. The SMILES string of the molecule is CCOC(=O)N1CCc2c(sc(NC(=O)/C=C/c3ccncc3)c2N)C1. The van der Waals surface area contributed by atoms with Crippen LogP contribution in [-0.4, -0.2) is 35.0 Å². The third kappa shape index (κ3) is 4.02. The number of ether oxygens (including phenoxy) is 1. The number of fused-ring (bicyclic) bond motifs is 1. The van der Waals surface area contributed by atoms with Crippen molar-refractivity contribution in [2.24, 2.45) is 0 Å². The molecule has 7 nitrogen and oxygen atoms in total. The molecule has 0 unspecified atom stereocenters. The van der Waals surface area contributed by atoms with E-state index in [-0.39, 0.29) is 12.0 Å². The maximum Gasteiger partial charge on any atom is 0.410 e. The number of nitrogens with zero attached hydrogens (tertiary/aromatic N) is 2. The second-order valence-corrected chi connectivity index (χ2v) is 6.83. The molecule has 0 saturated heterocycles. The maximum absolute atomic E-state index is 12.2.